The number of rotatable bonds is 12. The van der Waals surface area contributed by atoms with Crippen molar-refractivity contribution in [2.75, 3.05) is 18.0 Å². The molecular formula is C43H49N2O3S+. The molecule has 0 atom stereocenters. The van der Waals surface area contributed by atoms with E-state index < -0.39 is 10.1 Å². The van der Waals surface area contributed by atoms with Crippen LogP contribution in [-0.4, -0.2) is 36.3 Å². The van der Waals surface area contributed by atoms with Gasteiger partial charge in [0.05, 0.1) is 0 Å². The second-order valence-electron chi connectivity index (χ2n) is 12.9. The second kappa shape index (κ2) is 15.8. The van der Waals surface area contributed by atoms with E-state index in [4.69, 9.17) is 0 Å². The van der Waals surface area contributed by atoms with E-state index in [1.165, 1.54) is 28.6 Å². The zero-order valence-corrected chi connectivity index (χ0v) is 30.5. The van der Waals surface area contributed by atoms with Gasteiger partial charge in [-0.15, -0.1) is 0 Å². The maximum Gasteiger partial charge on any atom is 0.295 e. The Labute approximate surface area is 293 Å². The lowest BCUT2D eigenvalue weighted by Gasteiger charge is -2.29. The fraction of sp³-hybridized carbons (Fsp3) is 0.279. The minimum absolute atomic E-state index is 0.109. The first-order valence-corrected chi connectivity index (χ1v) is 18.8. The normalized spacial score (nSPS) is 15.2. The van der Waals surface area contributed by atoms with E-state index in [-0.39, 0.29) is 4.90 Å². The highest BCUT2D eigenvalue weighted by atomic mass is 32.2. The lowest BCUT2D eigenvalue weighted by Crippen LogP contribution is -2.20. The Morgan fingerprint density at radius 3 is 2.04 bits per heavy atom. The van der Waals surface area contributed by atoms with Crippen molar-refractivity contribution in [1.82, 2.24) is 0 Å². The Morgan fingerprint density at radius 1 is 0.735 bits per heavy atom. The van der Waals surface area contributed by atoms with Crippen LogP contribution in [0.5, 0.6) is 0 Å². The number of aryl methyl sites for hydroxylation is 3. The zero-order valence-electron chi connectivity index (χ0n) is 29.7. The Balaban J connectivity index is 1.72. The van der Waals surface area contributed by atoms with Crippen molar-refractivity contribution >= 4 is 38.5 Å². The summed E-state index contributed by atoms with van der Waals surface area (Å²) in [6.07, 6.45) is 10.6. The zero-order chi connectivity index (χ0) is 35.1. The highest BCUT2D eigenvalue weighted by molar-refractivity contribution is 7.86. The largest absolute Gasteiger partial charge is 0.341 e. The van der Waals surface area contributed by atoms with E-state index in [0.29, 0.717) is 5.56 Å². The molecule has 1 N–H and O–H groups in total. The Hall–Kier alpha value is -4.52. The lowest BCUT2D eigenvalue weighted by atomic mass is 9.88. The maximum atomic E-state index is 12.7. The highest BCUT2D eigenvalue weighted by Gasteiger charge is 2.25. The van der Waals surface area contributed by atoms with Gasteiger partial charge in [-0.2, -0.15) is 13.0 Å². The monoisotopic (exact) mass is 673 g/mol. The molecule has 0 saturated carbocycles. The van der Waals surface area contributed by atoms with E-state index in [1.807, 2.05) is 6.07 Å². The van der Waals surface area contributed by atoms with Crippen molar-refractivity contribution in [3.63, 3.8) is 0 Å². The molecule has 5 rings (SSSR count). The Bertz CT molecular complexity index is 2070. The van der Waals surface area contributed by atoms with Crippen LogP contribution in [-0.2, 0) is 10.1 Å². The first-order chi connectivity index (χ1) is 23.5. The van der Waals surface area contributed by atoms with Crippen molar-refractivity contribution in [1.29, 1.82) is 0 Å². The number of benzene rings is 4. The summed E-state index contributed by atoms with van der Waals surface area (Å²) in [6.45, 7) is 14.7. The summed E-state index contributed by atoms with van der Waals surface area (Å²) < 4.78 is 38.3. The van der Waals surface area contributed by atoms with Crippen LogP contribution in [0, 0.1) is 20.8 Å². The fourth-order valence-electron chi connectivity index (χ4n) is 6.71. The van der Waals surface area contributed by atoms with E-state index in [2.05, 4.69) is 136 Å². The summed E-state index contributed by atoms with van der Waals surface area (Å²) >= 11 is 0. The predicted octanol–water partition coefficient (Wildman–Crippen LogP) is 10.7. The first kappa shape index (κ1) is 35.8. The number of unbranched alkanes of at least 4 members (excludes halogenated alkanes) is 2. The number of allylic oxidation sites excluding steroid dienone is 5. The molecule has 0 amide bonds. The van der Waals surface area contributed by atoms with Gasteiger partial charge in [-0.1, -0.05) is 87.4 Å². The molecule has 0 aliphatic heterocycles. The van der Waals surface area contributed by atoms with Crippen LogP contribution in [0.3, 0.4) is 0 Å². The second-order valence-corrected chi connectivity index (χ2v) is 14.3. The molecule has 5 nitrogen and oxygen atoms in total. The van der Waals surface area contributed by atoms with Gasteiger partial charge in [0.1, 0.15) is 11.4 Å². The number of anilines is 2. The molecule has 0 bridgehead atoms. The molecule has 4 aromatic carbocycles. The van der Waals surface area contributed by atoms with Crippen molar-refractivity contribution in [3.05, 3.63) is 148 Å². The van der Waals surface area contributed by atoms with Gasteiger partial charge < -0.3 is 4.90 Å². The van der Waals surface area contributed by atoms with Crippen LogP contribution in [0.4, 0.5) is 17.1 Å². The topological polar surface area (TPSA) is 60.6 Å². The lowest BCUT2D eigenvalue weighted by molar-refractivity contribution is -0.440. The van der Waals surface area contributed by atoms with Gasteiger partial charge in [0.25, 0.3) is 10.1 Å². The molecule has 0 saturated heterocycles. The van der Waals surface area contributed by atoms with Gasteiger partial charge in [-0.3, -0.25) is 4.55 Å². The van der Waals surface area contributed by atoms with Crippen molar-refractivity contribution in [2.45, 2.75) is 72.1 Å². The Kier molecular flexibility index (Phi) is 11.5. The molecule has 254 valence electrons. The van der Waals surface area contributed by atoms with Crippen LogP contribution in [0.1, 0.15) is 74.3 Å². The molecule has 49 heavy (non-hydrogen) atoms. The number of nitrogens with zero attached hydrogens (tertiary/aromatic N) is 2. The van der Waals surface area contributed by atoms with Crippen LogP contribution in [0.25, 0.3) is 5.57 Å². The van der Waals surface area contributed by atoms with Crippen molar-refractivity contribution in [3.8, 4) is 0 Å². The quantitative estimate of drug-likeness (QED) is 0.120. The molecule has 0 aromatic heterocycles. The van der Waals surface area contributed by atoms with Gasteiger partial charge in [0.15, 0.2) is 0 Å². The maximum absolute atomic E-state index is 12.7. The number of hydrogen-bond donors (Lipinski definition) is 1. The smallest absolute Gasteiger partial charge is 0.295 e. The molecule has 0 radical (unpaired) electrons. The van der Waals surface area contributed by atoms with Gasteiger partial charge >= 0.3 is 0 Å². The fourth-order valence-corrected chi connectivity index (χ4v) is 7.41. The predicted molar refractivity (Wildman–Crippen MR) is 205 cm³/mol. The van der Waals surface area contributed by atoms with Gasteiger partial charge in [0.2, 0.25) is 11.4 Å². The summed E-state index contributed by atoms with van der Waals surface area (Å²) in [5.74, 6) is 0. The highest BCUT2D eigenvalue weighted by Crippen LogP contribution is 2.38. The van der Waals surface area contributed by atoms with Crippen LogP contribution in [0.2, 0.25) is 0 Å². The van der Waals surface area contributed by atoms with Gasteiger partial charge in [-0.25, -0.2) is 0 Å². The van der Waals surface area contributed by atoms with Crippen LogP contribution < -0.4 is 4.90 Å². The summed E-state index contributed by atoms with van der Waals surface area (Å²) in [5, 5.41) is 0. The third kappa shape index (κ3) is 8.04. The molecule has 1 aliphatic rings. The first-order valence-electron chi connectivity index (χ1n) is 17.4. The molecule has 0 spiro atoms. The molecule has 4 aromatic rings. The average molecular weight is 674 g/mol. The molecule has 0 fully saturated rings. The minimum atomic E-state index is -4.50. The summed E-state index contributed by atoms with van der Waals surface area (Å²) in [7, 11) is -4.50. The number of para-hydroxylation sites is 2. The molecular weight excluding hydrogens is 625 g/mol. The average Bonchev–Trinajstić information content (AvgIpc) is 3.08. The van der Waals surface area contributed by atoms with E-state index in [0.717, 1.165) is 78.0 Å². The molecule has 6 heteroatoms. The molecule has 0 heterocycles. The van der Waals surface area contributed by atoms with Crippen molar-refractivity contribution < 1.29 is 17.5 Å². The van der Waals surface area contributed by atoms with Gasteiger partial charge in [0, 0.05) is 53.2 Å². The summed E-state index contributed by atoms with van der Waals surface area (Å²) in [4.78, 5) is 2.28. The SMILES string of the molecule is CCCCN(c1ccccc1C)c1ccc(C(=C2C=CC(=[N+](CCCC)c3ccccc3C)C(C)=C2)c2ccccc2S(=O)(=O)O)cc1C. The Morgan fingerprint density at radius 2 is 1.39 bits per heavy atom. The number of hydrogen-bond acceptors (Lipinski definition) is 3. The standard InChI is InChI=1S/C43H48N2O3S/c1-7-9-27-44(38-20-14-11-17-31(38)3)40-25-23-35(29-33(40)5)43(37-19-13-16-22-42(37)49(46,47)48)36-24-26-41(34(6)30-36)45(28-10-8-2)39-21-15-12-18-32(39)4/h11-26,29-30H,7-10,27-28H2,1-6H3/p+1. The third-order valence-electron chi connectivity index (χ3n) is 9.27. The van der Waals surface area contributed by atoms with Crippen LogP contribution in [0.15, 0.2) is 125 Å². The molecule has 1 aliphatic carbocycles. The molecule has 0 unspecified atom stereocenters. The van der Waals surface area contributed by atoms with E-state index >= 15 is 0 Å². The summed E-state index contributed by atoms with van der Waals surface area (Å²) in [6, 6.07) is 30.0. The summed E-state index contributed by atoms with van der Waals surface area (Å²) in [5.41, 5.74) is 12.2. The van der Waals surface area contributed by atoms with Crippen molar-refractivity contribution in [2.24, 2.45) is 0 Å². The van der Waals surface area contributed by atoms with E-state index in [1.54, 1.807) is 12.1 Å². The third-order valence-corrected chi connectivity index (χ3v) is 10.2. The minimum Gasteiger partial charge on any atom is -0.341 e. The van der Waals surface area contributed by atoms with E-state index in [9.17, 15) is 13.0 Å². The van der Waals surface area contributed by atoms with Crippen LogP contribution >= 0.6 is 0 Å². The van der Waals surface area contributed by atoms with Gasteiger partial charge in [-0.05, 0) is 98.4 Å².